The second kappa shape index (κ2) is 5.95. The Morgan fingerprint density at radius 1 is 1.52 bits per heavy atom. The molecule has 0 saturated carbocycles. The average molecular weight is 305 g/mol. The monoisotopic (exact) mass is 305 g/mol. The summed E-state index contributed by atoms with van der Waals surface area (Å²) in [5, 5.41) is 8.78. The average Bonchev–Trinajstić information content (AvgIpc) is 2.98. The summed E-state index contributed by atoms with van der Waals surface area (Å²) in [5.74, 6) is 0.535. The van der Waals surface area contributed by atoms with Gasteiger partial charge in [0.15, 0.2) is 0 Å². The van der Waals surface area contributed by atoms with E-state index in [4.69, 9.17) is 11.0 Å². The first-order chi connectivity index (χ1) is 9.97. The summed E-state index contributed by atoms with van der Waals surface area (Å²) < 4.78 is 27.4. The highest BCUT2D eigenvalue weighted by Crippen LogP contribution is 2.22. The SMILES string of the molecule is CCC(NS(=O)(=O)c1ccc(C#N)cc1N)c1ncc[nH]1. The fraction of sp³-hybridized carbons (Fsp3) is 0.231. The van der Waals surface area contributed by atoms with Crippen LogP contribution in [-0.4, -0.2) is 18.4 Å². The number of nitriles is 1. The van der Waals surface area contributed by atoms with E-state index < -0.39 is 16.1 Å². The van der Waals surface area contributed by atoms with Crippen LogP contribution in [0.4, 0.5) is 5.69 Å². The van der Waals surface area contributed by atoms with Gasteiger partial charge in [0, 0.05) is 12.4 Å². The van der Waals surface area contributed by atoms with Crippen LogP contribution in [0.3, 0.4) is 0 Å². The second-order valence-electron chi connectivity index (χ2n) is 4.42. The standard InChI is InChI=1S/C13H15N5O2S/c1-2-11(13-16-5-6-17-13)18-21(19,20)12-4-3-9(8-14)7-10(12)15/h3-7,11,18H,2,15H2,1H3,(H,16,17). The Morgan fingerprint density at radius 2 is 2.29 bits per heavy atom. The Kier molecular flexibility index (Phi) is 4.26. The van der Waals surface area contributed by atoms with Crippen LogP contribution in [0.5, 0.6) is 0 Å². The number of aromatic nitrogens is 2. The van der Waals surface area contributed by atoms with Gasteiger partial charge in [0.05, 0.1) is 23.4 Å². The van der Waals surface area contributed by atoms with Crippen LogP contribution in [0.15, 0.2) is 35.5 Å². The Morgan fingerprint density at radius 3 is 2.81 bits per heavy atom. The van der Waals surface area contributed by atoms with Gasteiger partial charge in [0.1, 0.15) is 10.7 Å². The summed E-state index contributed by atoms with van der Waals surface area (Å²) in [6, 6.07) is 5.51. The molecule has 0 fully saturated rings. The molecule has 21 heavy (non-hydrogen) atoms. The van der Waals surface area contributed by atoms with Gasteiger partial charge >= 0.3 is 0 Å². The molecular weight excluding hydrogens is 290 g/mol. The number of aromatic amines is 1. The van der Waals surface area contributed by atoms with Gasteiger partial charge in [-0.15, -0.1) is 0 Å². The van der Waals surface area contributed by atoms with Gasteiger partial charge in [-0.1, -0.05) is 6.92 Å². The zero-order valence-corrected chi connectivity index (χ0v) is 12.2. The summed E-state index contributed by atoms with van der Waals surface area (Å²) >= 11 is 0. The van der Waals surface area contributed by atoms with Crippen LogP contribution in [0.1, 0.15) is 30.8 Å². The molecule has 1 atom stereocenters. The number of nitrogen functional groups attached to an aromatic ring is 1. The minimum atomic E-state index is -3.80. The van der Waals surface area contributed by atoms with Gasteiger partial charge in [0.2, 0.25) is 10.0 Å². The molecule has 1 aromatic carbocycles. The molecule has 0 saturated heterocycles. The molecule has 1 aromatic heterocycles. The van der Waals surface area contributed by atoms with Crippen LogP contribution in [0.25, 0.3) is 0 Å². The Bertz CT molecular complexity index is 762. The second-order valence-corrected chi connectivity index (χ2v) is 6.10. The summed E-state index contributed by atoms with van der Waals surface area (Å²) in [4.78, 5) is 6.89. The third-order valence-corrected chi connectivity index (χ3v) is 4.53. The highest BCUT2D eigenvalue weighted by Gasteiger charge is 2.23. The molecule has 1 unspecified atom stereocenters. The molecule has 0 bridgehead atoms. The number of nitrogens with zero attached hydrogens (tertiary/aromatic N) is 2. The van der Waals surface area contributed by atoms with E-state index in [9.17, 15) is 8.42 Å². The molecule has 0 radical (unpaired) electrons. The Labute approximate surface area is 122 Å². The molecule has 8 heteroatoms. The van der Waals surface area contributed by atoms with Crippen molar-refractivity contribution in [1.29, 1.82) is 5.26 Å². The quantitative estimate of drug-likeness (QED) is 0.718. The summed E-state index contributed by atoms with van der Waals surface area (Å²) in [6.45, 7) is 1.85. The largest absolute Gasteiger partial charge is 0.398 e. The van der Waals surface area contributed by atoms with E-state index in [-0.39, 0.29) is 10.6 Å². The molecular formula is C13H15N5O2S. The summed E-state index contributed by atoms with van der Waals surface area (Å²) in [5.41, 5.74) is 6.07. The fourth-order valence-corrected chi connectivity index (χ4v) is 3.31. The molecule has 2 rings (SSSR count). The molecule has 7 nitrogen and oxygen atoms in total. The van der Waals surface area contributed by atoms with Crippen molar-refractivity contribution in [3.63, 3.8) is 0 Å². The number of imidazole rings is 1. The van der Waals surface area contributed by atoms with Crippen molar-refractivity contribution < 1.29 is 8.42 Å². The molecule has 0 spiro atoms. The van der Waals surface area contributed by atoms with Gasteiger partial charge in [-0.25, -0.2) is 18.1 Å². The molecule has 0 amide bonds. The van der Waals surface area contributed by atoms with Gasteiger partial charge in [0.25, 0.3) is 0 Å². The minimum absolute atomic E-state index is 0.0378. The first-order valence-corrected chi connectivity index (χ1v) is 7.77. The number of anilines is 1. The molecule has 4 N–H and O–H groups in total. The number of nitrogens with two attached hydrogens (primary N) is 1. The molecule has 110 valence electrons. The first-order valence-electron chi connectivity index (χ1n) is 6.29. The summed E-state index contributed by atoms with van der Waals surface area (Å²) in [7, 11) is -3.80. The smallest absolute Gasteiger partial charge is 0.243 e. The normalized spacial score (nSPS) is 12.8. The van der Waals surface area contributed by atoms with Gasteiger partial charge in [-0.05, 0) is 24.6 Å². The van der Waals surface area contributed by atoms with Crippen LogP contribution >= 0.6 is 0 Å². The third-order valence-electron chi connectivity index (χ3n) is 2.98. The molecule has 0 aliphatic heterocycles. The van der Waals surface area contributed by atoms with Crippen molar-refractivity contribution in [3.05, 3.63) is 42.0 Å². The third kappa shape index (κ3) is 3.21. The lowest BCUT2D eigenvalue weighted by Crippen LogP contribution is -2.29. The van der Waals surface area contributed by atoms with Gasteiger partial charge < -0.3 is 10.7 Å². The highest BCUT2D eigenvalue weighted by atomic mass is 32.2. The van der Waals surface area contributed by atoms with Crippen molar-refractivity contribution in [3.8, 4) is 6.07 Å². The van der Waals surface area contributed by atoms with E-state index in [0.29, 0.717) is 17.8 Å². The van der Waals surface area contributed by atoms with Crippen LogP contribution in [0, 0.1) is 11.3 Å². The molecule has 0 aliphatic rings. The molecule has 2 aromatic rings. The Balaban J connectivity index is 2.32. The van der Waals surface area contributed by atoms with E-state index in [1.807, 2.05) is 13.0 Å². The first kappa shape index (κ1) is 15.0. The maximum absolute atomic E-state index is 12.4. The van der Waals surface area contributed by atoms with Crippen LogP contribution in [-0.2, 0) is 10.0 Å². The van der Waals surface area contributed by atoms with Gasteiger partial charge in [-0.2, -0.15) is 5.26 Å². The fourth-order valence-electron chi connectivity index (χ4n) is 1.91. The van der Waals surface area contributed by atoms with Gasteiger partial charge in [-0.3, -0.25) is 0 Å². The zero-order valence-electron chi connectivity index (χ0n) is 11.4. The van der Waals surface area contributed by atoms with Crippen LogP contribution < -0.4 is 10.5 Å². The minimum Gasteiger partial charge on any atom is -0.398 e. The topological polar surface area (TPSA) is 125 Å². The van der Waals surface area contributed by atoms with Crippen LogP contribution in [0.2, 0.25) is 0 Å². The van der Waals surface area contributed by atoms with E-state index in [1.165, 1.54) is 18.2 Å². The predicted octanol–water partition coefficient (Wildman–Crippen LogP) is 1.29. The number of hydrogen-bond donors (Lipinski definition) is 3. The predicted molar refractivity (Wildman–Crippen MR) is 77.5 cm³/mol. The van der Waals surface area contributed by atoms with Crippen molar-refractivity contribution in [2.45, 2.75) is 24.3 Å². The zero-order chi connectivity index (χ0) is 15.5. The summed E-state index contributed by atoms with van der Waals surface area (Å²) in [6.07, 6.45) is 3.72. The van der Waals surface area contributed by atoms with E-state index in [2.05, 4.69) is 14.7 Å². The lowest BCUT2D eigenvalue weighted by atomic mass is 10.2. The number of rotatable bonds is 5. The maximum atomic E-state index is 12.4. The van der Waals surface area contributed by atoms with Crippen molar-refractivity contribution in [2.75, 3.05) is 5.73 Å². The molecule has 0 aliphatic carbocycles. The lowest BCUT2D eigenvalue weighted by Gasteiger charge is -2.16. The van der Waals surface area contributed by atoms with Crippen molar-refractivity contribution in [2.24, 2.45) is 0 Å². The number of nitrogens with one attached hydrogen (secondary N) is 2. The maximum Gasteiger partial charge on any atom is 0.243 e. The highest BCUT2D eigenvalue weighted by molar-refractivity contribution is 7.89. The van der Waals surface area contributed by atoms with E-state index >= 15 is 0 Å². The number of benzene rings is 1. The number of sulfonamides is 1. The van der Waals surface area contributed by atoms with E-state index in [0.717, 1.165) is 0 Å². The molecule has 1 heterocycles. The number of hydrogen-bond acceptors (Lipinski definition) is 5. The van der Waals surface area contributed by atoms with Crippen molar-refractivity contribution in [1.82, 2.24) is 14.7 Å². The Hall–Kier alpha value is -2.37. The number of H-pyrrole nitrogens is 1. The lowest BCUT2D eigenvalue weighted by molar-refractivity contribution is 0.539. The van der Waals surface area contributed by atoms with Crippen molar-refractivity contribution >= 4 is 15.7 Å². The van der Waals surface area contributed by atoms with E-state index in [1.54, 1.807) is 12.4 Å².